The molecular weight excluding hydrogens is 414 g/mol. The van der Waals surface area contributed by atoms with Gasteiger partial charge < -0.3 is 15.5 Å². The predicted octanol–water partition coefficient (Wildman–Crippen LogP) is 5.44. The van der Waals surface area contributed by atoms with Gasteiger partial charge >= 0.3 is 6.18 Å². The summed E-state index contributed by atoms with van der Waals surface area (Å²) in [6.45, 7) is 2.98. The van der Waals surface area contributed by atoms with Crippen LogP contribution < -0.4 is 10.6 Å². The molecule has 0 bridgehead atoms. The predicted molar refractivity (Wildman–Crippen MR) is 106 cm³/mol. The third-order valence-corrected chi connectivity index (χ3v) is 5.18. The smallest absolute Gasteiger partial charge is 0.368 e. The van der Waals surface area contributed by atoms with Crippen LogP contribution in [0, 0.1) is 0 Å². The second kappa shape index (κ2) is 9.15. The number of hydrogen-bond donors (Lipinski definition) is 2. The van der Waals surface area contributed by atoms with Crippen LogP contribution in [0.1, 0.15) is 24.8 Å². The quantitative estimate of drug-likeness (QED) is 0.634. The Bertz CT molecular complexity index is 810. The van der Waals surface area contributed by atoms with E-state index in [4.69, 9.17) is 23.2 Å². The molecule has 1 aliphatic rings. The molecule has 2 N–H and O–H groups in total. The maximum atomic E-state index is 13.3. The lowest BCUT2D eigenvalue weighted by atomic mass is 10.1. The molecule has 10 heteroatoms. The number of piperidine rings is 1. The zero-order valence-corrected chi connectivity index (χ0v) is 16.5. The SMILES string of the molecule is FC(F)(F)c1cnc(Nc2ccc(Cl)c(Cl)c2)nc1NCCN1CCCCC1. The van der Waals surface area contributed by atoms with Crippen LogP contribution in [0.4, 0.5) is 30.6 Å². The van der Waals surface area contributed by atoms with Gasteiger partial charge in [0.1, 0.15) is 11.4 Å². The summed E-state index contributed by atoms with van der Waals surface area (Å²) in [6.07, 6.45) is -0.318. The van der Waals surface area contributed by atoms with E-state index in [0.717, 1.165) is 32.1 Å². The molecule has 0 radical (unpaired) electrons. The van der Waals surface area contributed by atoms with E-state index in [1.807, 2.05) is 0 Å². The van der Waals surface area contributed by atoms with Gasteiger partial charge in [0.05, 0.1) is 10.0 Å². The summed E-state index contributed by atoms with van der Waals surface area (Å²) >= 11 is 11.8. The maximum absolute atomic E-state index is 13.3. The second-order valence-corrected chi connectivity index (χ2v) is 7.35. The highest BCUT2D eigenvalue weighted by atomic mass is 35.5. The van der Waals surface area contributed by atoms with Crippen LogP contribution in [0.15, 0.2) is 24.4 Å². The van der Waals surface area contributed by atoms with Crippen molar-refractivity contribution in [3.05, 3.63) is 40.0 Å². The van der Waals surface area contributed by atoms with Gasteiger partial charge in [0.25, 0.3) is 0 Å². The fourth-order valence-corrected chi connectivity index (χ4v) is 3.30. The Morgan fingerprint density at radius 1 is 1.07 bits per heavy atom. The number of halogens is 5. The first-order valence-corrected chi connectivity index (χ1v) is 9.71. The highest BCUT2D eigenvalue weighted by molar-refractivity contribution is 6.42. The normalized spacial score (nSPS) is 15.5. The Kier molecular flexibility index (Phi) is 6.85. The molecule has 0 amide bonds. The first-order chi connectivity index (χ1) is 13.3. The number of likely N-dealkylation sites (tertiary alicyclic amines) is 1. The fraction of sp³-hybridized carbons (Fsp3) is 0.444. The van der Waals surface area contributed by atoms with Crippen molar-refractivity contribution in [3.63, 3.8) is 0 Å². The van der Waals surface area contributed by atoms with Crippen LogP contribution in [-0.4, -0.2) is 41.0 Å². The third kappa shape index (κ3) is 5.62. The number of rotatable bonds is 6. The number of hydrogen-bond acceptors (Lipinski definition) is 5. The third-order valence-electron chi connectivity index (χ3n) is 4.44. The average Bonchev–Trinajstić information content (AvgIpc) is 2.65. The highest BCUT2D eigenvalue weighted by Crippen LogP contribution is 2.34. The summed E-state index contributed by atoms with van der Waals surface area (Å²) in [5.74, 6) is -0.214. The van der Waals surface area contributed by atoms with E-state index in [2.05, 4.69) is 25.5 Å². The molecule has 0 aliphatic carbocycles. The molecule has 1 aromatic heterocycles. The molecule has 5 nitrogen and oxygen atoms in total. The van der Waals surface area contributed by atoms with Gasteiger partial charge in [-0.1, -0.05) is 29.6 Å². The van der Waals surface area contributed by atoms with Gasteiger partial charge in [-0.05, 0) is 44.1 Å². The minimum absolute atomic E-state index is 0.0341. The number of aromatic nitrogens is 2. The van der Waals surface area contributed by atoms with Crippen LogP contribution in [0.5, 0.6) is 0 Å². The molecule has 0 atom stereocenters. The zero-order valence-electron chi connectivity index (χ0n) is 15.0. The van der Waals surface area contributed by atoms with Gasteiger partial charge in [0.2, 0.25) is 5.95 Å². The molecule has 28 heavy (non-hydrogen) atoms. The van der Waals surface area contributed by atoms with Crippen LogP contribution in [-0.2, 0) is 6.18 Å². The van der Waals surface area contributed by atoms with Crippen molar-refractivity contribution in [1.29, 1.82) is 0 Å². The molecule has 1 aliphatic heterocycles. The van der Waals surface area contributed by atoms with Crippen molar-refractivity contribution < 1.29 is 13.2 Å². The Hall–Kier alpha value is -1.77. The van der Waals surface area contributed by atoms with E-state index >= 15 is 0 Å². The Labute approximate surface area is 171 Å². The van der Waals surface area contributed by atoms with Crippen molar-refractivity contribution in [2.75, 3.05) is 36.8 Å². The number of nitrogens with zero attached hydrogens (tertiary/aromatic N) is 3. The summed E-state index contributed by atoms with van der Waals surface area (Å²) in [4.78, 5) is 10.0. The van der Waals surface area contributed by atoms with Gasteiger partial charge in [0, 0.05) is 25.0 Å². The molecule has 1 fully saturated rings. The number of benzene rings is 1. The molecule has 152 valence electrons. The molecule has 0 spiro atoms. The first-order valence-electron chi connectivity index (χ1n) is 8.95. The van der Waals surface area contributed by atoms with E-state index in [0.29, 0.717) is 28.8 Å². The molecule has 2 heterocycles. The number of alkyl halides is 3. The van der Waals surface area contributed by atoms with E-state index in [1.54, 1.807) is 18.2 Å². The van der Waals surface area contributed by atoms with Crippen molar-refractivity contribution in [1.82, 2.24) is 14.9 Å². The standard InChI is InChI=1S/C18H20Cl2F3N5/c19-14-5-4-12(10-15(14)20)26-17-25-11-13(18(21,22)23)16(27-17)24-6-9-28-7-2-1-3-8-28/h4-5,10-11H,1-3,6-9H2,(H2,24,25,26,27). The zero-order chi connectivity index (χ0) is 20.1. The maximum Gasteiger partial charge on any atom is 0.421 e. The minimum atomic E-state index is -4.55. The Morgan fingerprint density at radius 3 is 2.50 bits per heavy atom. The summed E-state index contributed by atoms with van der Waals surface area (Å²) in [6, 6.07) is 4.77. The van der Waals surface area contributed by atoms with E-state index in [9.17, 15) is 13.2 Å². The fourth-order valence-electron chi connectivity index (χ4n) is 3.00. The molecule has 2 aromatic rings. The lowest BCUT2D eigenvalue weighted by Crippen LogP contribution is -2.34. The first kappa shape index (κ1) is 21.0. The number of anilines is 3. The van der Waals surface area contributed by atoms with E-state index in [-0.39, 0.29) is 11.8 Å². The minimum Gasteiger partial charge on any atom is -0.368 e. The van der Waals surface area contributed by atoms with Crippen LogP contribution in [0.2, 0.25) is 10.0 Å². The Morgan fingerprint density at radius 2 is 1.82 bits per heavy atom. The van der Waals surface area contributed by atoms with Gasteiger partial charge in [-0.25, -0.2) is 4.98 Å². The topological polar surface area (TPSA) is 53.1 Å². The van der Waals surface area contributed by atoms with Gasteiger partial charge in [-0.15, -0.1) is 0 Å². The summed E-state index contributed by atoms with van der Waals surface area (Å²) in [7, 11) is 0. The average molecular weight is 434 g/mol. The largest absolute Gasteiger partial charge is 0.421 e. The molecular formula is C18H20Cl2F3N5. The second-order valence-electron chi connectivity index (χ2n) is 6.54. The Balaban J connectivity index is 1.73. The van der Waals surface area contributed by atoms with E-state index < -0.39 is 11.7 Å². The van der Waals surface area contributed by atoms with Crippen molar-refractivity contribution >= 4 is 40.7 Å². The summed E-state index contributed by atoms with van der Waals surface area (Å²) in [5.41, 5.74) is -0.376. The van der Waals surface area contributed by atoms with Gasteiger partial charge in [-0.2, -0.15) is 18.2 Å². The van der Waals surface area contributed by atoms with Crippen LogP contribution >= 0.6 is 23.2 Å². The highest BCUT2D eigenvalue weighted by Gasteiger charge is 2.35. The van der Waals surface area contributed by atoms with Crippen molar-refractivity contribution in [2.24, 2.45) is 0 Å². The molecule has 0 unspecified atom stereocenters. The molecule has 1 saturated heterocycles. The van der Waals surface area contributed by atoms with Gasteiger partial charge in [0.15, 0.2) is 0 Å². The van der Waals surface area contributed by atoms with E-state index in [1.165, 1.54) is 6.42 Å². The molecule has 3 rings (SSSR count). The lowest BCUT2D eigenvalue weighted by Gasteiger charge is -2.26. The lowest BCUT2D eigenvalue weighted by molar-refractivity contribution is -0.137. The van der Waals surface area contributed by atoms with Crippen LogP contribution in [0.3, 0.4) is 0 Å². The summed E-state index contributed by atoms with van der Waals surface area (Å²) in [5, 5.41) is 6.36. The monoisotopic (exact) mass is 433 g/mol. The molecule has 1 aromatic carbocycles. The van der Waals surface area contributed by atoms with Gasteiger partial charge in [-0.3, -0.25) is 0 Å². The van der Waals surface area contributed by atoms with Crippen molar-refractivity contribution in [2.45, 2.75) is 25.4 Å². The molecule has 0 saturated carbocycles. The van der Waals surface area contributed by atoms with Crippen molar-refractivity contribution in [3.8, 4) is 0 Å². The number of nitrogens with one attached hydrogen (secondary N) is 2. The van der Waals surface area contributed by atoms with Crippen LogP contribution in [0.25, 0.3) is 0 Å². The summed E-state index contributed by atoms with van der Waals surface area (Å²) < 4.78 is 39.9.